The van der Waals surface area contributed by atoms with Crippen LogP contribution in [0.3, 0.4) is 0 Å². The number of hydrogen-bond acceptors (Lipinski definition) is 5. The van der Waals surface area contributed by atoms with E-state index in [0.717, 1.165) is 42.4 Å². The number of nitrogens with zero attached hydrogens (tertiary/aromatic N) is 4. The highest BCUT2D eigenvalue weighted by atomic mass is 16.3. The van der Waals surface area contributed by atoms with Gasteiger partial charge in [-0.05, 0) is 73.6 Å². The van der Waals surface area contributed by atoms with Crippen LogP contribution in [0.4, 0.5) is 5.69 Å². The van der Waals surface area contributed by atoms with Gasteiger partial charge in [0, 0.05) is 37.4 Å². The lowest BCUT2D eigenvalue weighted by atomic mass is 9.93. The van der Waals surface area contributed by atoms with E-state index < -0.39 is 6.04 Å². The summed E-state index contributed by atoms with van der Waals surface area (Å²) in [7, 11) is 0. The van der Waals surface area contributed by atoms with E-state index in [2.05, 4.69) is 19.2 Å². The lowest BCUT2D eigenvalue weighted by Gasteiger charge is -2.36. The van der Waals surface area contributed by atoms with Crippen molar-refractivity contribution in [3.05, 3.63) is 113 Å². The van der Waals surface area contributed by atoms with Crippen LogP contribution < -0.4 is 5.32 Å². The molecule has 252 valence electrons. The fourth-order valence-electron chi connectivity index (χ4n) is 6.24. The molecule has 0 saturated carbocycles. The number of amides is 3. The molecular weight excluding hydrogens is 602 g/mol. The smallest absolute Gasteiger partial charge is 0.274 e. The van der Waals surface area contributed by atoms with Gasteiger partial charge in [-0.3, -0.25) is 14.4 Å². The Morgan fingerprint density at radius 2 is 1.60 bits per heavy atom. The summed E-state index contributed by atoms with van der Waals surface area (Å²) >= 11 is 0. The average Bonchev–Trinajstić information content (AvgIpc) is 3.51. The second-order valence-corrected chi connectivity index (χ2v) is 12.6. The molecule has 3 amide bonds. The molecule has 3 aromatic carbocycles. The molecule has 0 bridgehead atoms. The van der Waals surface area contributed by atoms with Crippen molar-refractivity contribution in [1.29, 1.82) is 0 Å². The minimum atomic E-state index is -0.411. The summed E-state index contributed by atoms with van der Waals surface area (Å²) in [6.45, 7) is 7.59. The topological polar surface area (TPSA) is 108 Å². The molecule has 0 radical (unpaired) electrons. The van der Waals surface area contributed by atoms with Gasteiger partial charge in [-0.25, -0.2) is 4.68 Å². The van der Waals surface area contributed by atoms with Crippen LogP contribution in [-0.2, 0) is 24.2 Å². The zero-order valence-corrected chi connectivity index (χ0v) is 28.3. The first-order chi connectivity index (χ1) is 23.3. The second kappa shape index (κ2) is 16.4. The van der Waals surface area contributed by atoms with E-state index in [9.17, 15) is 19.5 Å². The van der Waals surface area contributed by atoms with Crippen LogP contribution >= 0.6 is 0 Å². The number of aryl methyl sites for hydroxylation is 2. The number of aliphatic hydroxyl groups is 1. The average molecular weight is 650 g/mol. The predicted octanol–water partition coefficient (Wildman–Crippen LogP) is 6.35. The molecule has 0 unspecified atom stereocenters. The van der Waals surface area contributed by atoms with Crippen LogP contribution in [0.5, 0.6) is 0 Å². The van der Waals surface area contributed by atoms with Crippen molar-refractivity contribution in [2.24, 2.45) is 0 Å². The van der Waals surface area contributed by atoms with E-state index in [1.54, 1.807) is 33.8 Å². The summed E-state index contributed by atoms with van der Waals surface area (Å²) in [6, 6.07) is 24.4. The van der Waals surface area contributed by atoms with E-state index in [-0.39, 0.29) is 24.3 Å². The number of rotatable bonds is 14. The molecular formula is C39H47N5O4. The predicted molar refractivity (Wildman–Crippen MR) is 188 cm³/mol. The SMILES string of the molecule is CCCCN(CCCC)C(=O)c1cc(C)n(-c2ccc(NC(=O)CCc3ccccc3)cc2C(=O)N2Cc3ccccc3C[C@@H]2CO)n1. The van der Waals surface area contributed by atoms with Crippen molar-refractivity contribution in [3.8, 4) is 5.69 Å². The van der Waals surface area contributed by atoms with E-state index in [1.807, 2.05) is 66.4 Å². The first kappa shape index (κ1) is 34.6. The Morgan fingerprint density at radius 1 is 0.917 bits per heavy atom. The van der Waals surface area contributed by atoms with Gasteiger partial charge in [0.25, 0.3) is 11.8 Å². The van der Waals surface area contributed by atoms with E-state index in [0.29, 0.717) is 67.2 Å². The van der Waals surface area contributed by atoms with Gasteiger partial charge in [0.15, 0.2) is 5.69 Å². The molecule has 48 heavy (non-hydrogen) atoms. The van der Waals surface area contributed by atoms with Gasteiger partial charge < -0.3 is 20.2 Å². The van der Waals surface area contributed by atoms with E-state index in [4.69, 9.17) is 5.10 Å². The first-order valence-electron chi connectivity index (χ1n) is 17.2. The summed E-state index contributed by atoms with van der Waals surface area (Å²) in [5.74, 6) is -0.566. The maximum atomic E-state index is 14.5. The number of unbranched alkanes of at least 4 members (excludes halogenated alkanes) is 2. The summed E-state index contributed by atoms with van der Waals surface area (Å²) in [4.78, 5) is 44.7. The van der Waals surface area contributed by atoms with Crippen molar-refractivity contribution in [1.82, 2.24) is 19.6 Å². The molecule has 2 N–H and O–H groups in total. The van der Waals surface area contributed by atoms with Crippen LogP contribution in [0.15, 0.2) is 78.9 Å². The Morgan fingerprint density at radius 3 is 2.29 bits per heavy atom. The van der Waals surface area contributed by atoms with Gasteiger partial charge in [0.1, 0.15) is 0 Å². The molecule has 0 aliphatic carbocycles. The number of anilines is 1. The van der Waals surface area contributed by atoms with Gasteiger partial charge in [0.05, 0.1) is 23.9 Å². The minimum Gasteiger partial charge on any atom is -0.394 e. The molecule has 0 spiro atoms. The van der Waals surface area contributed by atoms with Gasteiger partial charge in [-0.2, -0.15) is 5.10 Å². The first-order valence-corrected chi connectivity index (χ1v) is 17.2. The van der Waals surface area contributed by atoms with E-state index in [1.165, 1.54) is 0 Å². The molecule has 1 aliphatic heterocycles. The monoisotopic (exact) mass is 649 g/mol. The number of carbonyl (C=O) groups excluding carboxylic acids is 3. The van der Waals surface area contributed by atoms with Crippen LogP contribution in [0.25, 0.3) is 5.69 Å². The third-order valence-electron chi connectivity index (χ3n) is 9.01. The van der Waals surface area contributed by atoms with Crippen molar-refractivity contribution < 1.29 is 19.5 Å². The Labute approximate surface area is 283 Å². The zero-order chi connectivity index (χ0) is 34.0. The third kappa shape index (κ3) is 8.20. The quantitative estimate of drug-likeness (QED) is 0.166. The molecule has 9 heteroatoms. The van der Waals surface area contributed by atoms with Crippen molar-refractivity contribution in [2.75, 3.05) is 25.0 Å². The molecule has 2 heterocycles. The highest BCUT2D eigenvalue weighted by Crippen LogP contribution is 2.29. The summed E-state index contributed by atoms with van der Waals surface area (Å²) in [5.41, 5.74) is 5.58. The maximum absolute atomic E-state index is 14.5. The molecule has 5 rings (SSSR count). The highest BCUT2D eigenvalue weighted by molar-refractivity contribution is 6.01. The van der Waals surface area contributed by atoms with Crippen molar-refractivity contribution in [2.45, 2.75) is 78.3 Å². The Bertz CT molecular complexity index is 1710. The Kier molecular flexibility index (Phi) is 11.8. The van der Waals surface area contributed by atoms with Crippen LogP contribution in [-0.4, -0.2) is 68.1 Å². The number of aromatic nitrogens is 2. The maximum Gasteiger partial charge on any atom is 0.274 e. The molecule has 4 aromatic rings. The minimum absolute atomic E-state index is 0.123. The molecule has 9 nitrogen and oxygen atoms in total. The Balaban J connectivity index is 1.48. The van der Waals surface area contributed by atoms with Gasteiger partial charge in [-0.15, -0.1) is 0 Å². The fraction of sp³-hybridized carbons (Fsp3) is 0.385. The third-order valence-corrected chi connectivity index (χ3v) is 9.01. The fourth-order valence-corrected chi connectivity index (χ4v) is 6.24. The van der Waals surface area contributed by atoms with Gasteiger partial charge in [0.2, 0.25) is 5.91 Å². The number of nitrogens with one attached hydrogen (secondary N) is 1. The summed E-state index contributed by atoms with van der Waals surface area (Å²) in [6.07, 6.45) is 5.22. The van der Waals surface area contributed by atoms with Crippen LogP contribution in [0.2, 0.25) is 0 Å². The Hall–Kier alpha value is -4.76. The normalized spacial score (nSPS) is 14.0. The number of benzene rings is 3. The number of fused-ring (bicyclic) bond motifs is 1. The molecule has 1 atom stereocenters. The van der Waals surface area contributed by atoms with E-state index >= 15 is 0 Å². The largest absolute Gasteiger partial charge is 0.394 e. The molecule has 1 aromatic heterocycles. The number of aliphatic hydroxyl groups excluding tert-OH is 1. The lowest BCUT2D eigenvalue weighted by Crippen LogP contribution is -2.46. The molecule has 1 aliphatic rings. The second-order valence-electron chi connectivity index (χ2n) is 12.6. The van der Waals surface area contributed by atoms with Crippen molar-refractivity contribution >= 4 is 23.4 Å². The summed E-state index contributed by atoms with van der Waals surface area (Å²) < 4.78 is 1.64. The van der Waals surface area contributed by atoms with Gasteiger partial charge in [-0.1, -0.05) is 81.3 Å². The van der Waals surface area contributed by atoms with Crippen LogP contribution in [0, 0.1) is 6.92 Å². The number of carbonyl (C=O) groups is 3. The lowest BCUT2D eigenvalue weighted by molar-refractivity contribution is -0.116. The molecule has 0 fully saturated rings. The van der Waals surface area contributed by atoms with Crippen molar-refractivity contribution in [3.63, 3.8) is 0 Å². The summed E-state index contributed by atoms with van der Waals surface area (Å²) in [5, 5.41) is 18.1. The van der Waals surface area contributed by atoms with Gasteiger partial charge >= 0.3 is 0 Å². The highest BCUT2D eigenvalue weighted by Gasteiger charge is 2.32. The zero-order valence-electron chi connectivity index (χ0n) is 28.3. The standard InChI is InChI=1S/C39H47N5O4/c1-4-6-21-42(22-7-5-2)39(48)35-23-28(3)44(41-35)36-19-18-32(40-37(46)20-17-29-13-9-8-10-14-29)25-34(36)38(47)43-26-31-16-12-11-15-30(31)24-33(43)27-45/h8-16,18-19,23,25,33,45H,4-7,17,20-22,24,26-27H2,1-3H3,(H,40,46)/t33-/m1/s1. The van der Waals surface area contributed by atoms with Crippen LogP contribution in [0.1, 0.15) is 89.2 Å². The number of hydrogen-bond donors (Lipinski definition) is 2. The molecule has 0 saturated heterocycles.